The second kappa shape index (κ2) is 9.47. The molecule has 174 valence electrons. The molecule has 1 fully saturated rings. The van der Waals surface area contributed by atoms with Gasteiger partial charge < -0.3 is 9.80 Å². The van der Waals surface area contributed by atoms with Gasteiger partial charge >= 0.3 is 0 Å². The number of amides is 1. The summed E-state index contributed by atoms with van der Waals surface area (Å²) in [6.45, 7) is 5.89. The largest absolute Gasteiger partial charge is 0.339 e. The molecule has 1 aliphatic carbocycles. The summed E-state index contributed by atoms with van der Waals surface area (Å²) in [5.41, 5.74) is 4.54. The van der Waals surface area contributed by atoms with E-state index in [4.69, 9.17) is 9.97 Å². The molecular weight excluding hydrogens is 414 g/mol. The molecule has 0 spiro atoms. The quantitative estimate of drug-likeness (QED) is 0.578. The van der Waals surface area contributed by atoms with Crippen molar-refractivity contribution in [2.75, 3.05) is 38.1 Å². The predicted octanol–water partition coefficient (Wildman–Crippen LogP) is 3.08. The van der Waals surface area contributed by atoms with Crippen LogP contribution in [0.5, 0.6) is 0 Å². The number of anilines is 1. The highest BCUT2D eigenvalue weighted by Gasteiger charge is 2.26. The standard InChI is InChI=1S/C25H33N7O/c1-3-6-23(33)30-13-15-31(16-14-30)25-27-12-10-22-28-20(18-32(22)25)17-29(2)21-9-4-7-19-8-5-11-26-24(19)21/h5,8,10-12,18,21H,3-4,6-7,9,13-17H2,1-2H3/t21-/m0/s1. The number of hydrogen-bond acceptors (Lipinski definition) is 6. The van der Waals surface area contributed by atoms with E-state index in [1.54, 1.807) is 0 Å². The normalized spacial score (nSPS) is 18.7. The Labute approximate surface area is 195 Å². The smallest absolute Gasteiger partial charge is 0.222 e. The van der Waals surface area contributed by atoms with Crippen molar-refractivity contribution >= 4 is 17.5 Å². The summed E-state index contributed by atoms with van der Waals surface area (Å²) in [7, 11) is 2.17. The van der Waals surface area contributed by atoms with Gasteiger partial charge in [0.1, 0.15) is 5.65 Å². The lowest BCUT2D eigenvalue weighted by atomic mass is 9.91. The summed E-state index contributed by atoms with van der Waals surface area (Å²) in [6, 6.07) is 6.54. The van der Waals surface area contributed by atoms with Crippen LogP contribution in [0, 0.1) is 0 Å². The first-order valence-electron chi connectivity index (χ1n) is 12.1. The van der Waals surface area contributed by atoms with Crippen LogP contribution < -0.4 is 4.90 Å². The van der Waals surface area contributed by atoms with E-state index in [-0.39, 0.29) is 5.91 Å². The number of imidazole rings is 1. The Morgan fingerprint density at radius 3 is 2.82 bits per heavy atom. The molecule has 3 aromatic heterocycles. The molecule has 0 bridgehead atoms. The lowest BCUT2D eigenvalue weighted by Crippen LogP contribution is -2.49. The Balaban J connectivity index is 1.31. The molecule has 0 saturated carbocycles. The van der Waals surface area contributed by atoms with Gasteiger partial charge in [0, 0.05) is 57.7 Å². The van der Waals surface area contributed by atoms with E-state index in [0.717, 1.165) is 69.3 Å². The molecule has 8 nitrogen and oxygen atoms in total. The first kappa shape index (κ1) is 21.8. The van der Waals surface area contributed by atoms with Gasteiger partial charge in [-0.05, 0) is 50.4 Å². The number of hydrogen-bond donors (Lipinski definition) is 0. The molecule has 0 radical (unpaired) electrons. The van der Waals surface area contributed by atoms with Crippen molar-refractivity contribution in [3.05, 3.63) is 53.7 Å². The Kier molecular flexibility index (Phi) is 6.26. The van der Waals surface area contributed by atoms with Crippen molar-refractivity contribution in [1.29, 1.82) is 0 Å². The van der Waals surface area contributed by atoms with E-state index in [2.05, 4.69) is 45.4 Å². The third-order valence-corrected chi connectivity index (χ3v) is 6.90. The lowest BCUT2D eigenvalue weighted by molar-refractivity contribution is -0.131. The SMILES string of the molecule is CCCC(=O)N1CCN(c2nccc3nc(CN(C)[C@H]4CCCc5cccnc54)cn23)CC1. The average Bonchev–Trinajstić information content (AvgIpc) is 3.26. The number of aryl methyl sites for hydroxylation is 1. The summed E-state index contributed by atoms with van der Waals surface area (Å²) >= 11 is 0. The van der Waals surface area contributed by atoms with E-state index < -0.39 is 0 Å². The van der Waals surface area contributed by atoms with E-state index in [1.165, 1.54) is 17.7 Å². The molecule has 2 aliphatic rings. The number of nitrogens with zero attached hydrogens (tertiary/aromatic N) is 7. The van der Waals surface area contributed by atoms with E-state index in [9.17, 15) is 4.79 Å². The van der Waals surface area contributed by atoms with Gasteiger partial charge in [-0.1, -0.05) is 13.0 Å². The molecule has 0 N–H and O–H groups in total. The molecule has 8 heteroatoms. The Bertz CT molecular complexity index is 1120. The minimum atomic E-state index is 0.259. The maximum atomic E-state index is 12.2. The molecule has 0 aromatic carbocycles. The highest BCUT2D eigenvalue weighted by molar-refractivity contribution is 5.76. The summed E-state index contributed by atoms with van der Waals surface area (Å²) in [5, 5.41) is 0. The van der Waals surface area contributed by atoms with Crippen molar-refractivity contribution in [3.63, 3.8) is 0 Å². The van der Waals surface area contributed by atoms with Crippen LogP contribution in [0.1, 0.15) is 55.6 Å². The maximum Gasteiger partial charge on any atom is 0.222 e. The first-order valence-corrected chi connectivity index (χ1v) is 12.1. The molecule has 1 aliphatic heterocycles. The number of fused-ring (bicyclic) bond motifs is 2. The van der Waals surface area contributed by atoms with Crippen LogP contribution in [0.25, 0.3) is 5.65 Å². The third-order valence-electron chi connectivity index (χ3n) is 6.90. The average molecular weight is 448 g/mol. The number of carbonyl (C=O) groups excluding carboxylic acids is 1. The lowest BCUT2D eigenvalue weighted by Gasteiger charge is -2.35. The number of pyridine rings is 1. The molecule has 1 atom stereocenters. The zero-order chi connectivity index (χ0) is 22.8. The molecule has 4 heterocycles. The van der Waals surface area contributed by atoms with E-state index in [1.807, 2.05) is 29.4 Å². The van der Waals surface area contributed by atoms with Crippen LogP contribution in [0.4, 0.5) is 5.95 Å². The van der Waals surface area contributed by atoms with Crippen molar-refractivity contribution in [1.82, 2.24) is 29.2 Å². The molecule has 1 amide bonds. The van der Waals surface area contributed by atoms with E-state index >= 15 is 0 Å². The Hall–Kier alpha value is -3.00. The van der Waals surface area contributed by atoms with Crippen molar-refractivity contribution in [2.24, 2.45) is 0 Å². The van der Waals surface area contributed by atoms with Crippen LogP contribution in [0.15, 0.2) is 36.8 Å². The molecule has 3 aromatic rings. The summed E-state index contributed by atoms with van der Waals surface area (Å²) in [5.74, 6) is 1.16. The van der Waals surface area contributed by atoms with Crippen molar-refractivity contribution < 1.29 is 4.79 Å². The fraction of sp³-hybridized carbons (Fsp3) is 0.520. The van der Waals surface area contributed by atoms with Crippen LogP contribution in [0.3, 0.4) is 0 Å². The van der Waals surface area contributed by atoms with Gasteiger partial charge in [-0.25, -0.2) is 9.97 Å². The fourth-order valence-corrected chi connectivity index (χ4v) is 5.17. The Morgan fingerprint density at radius 1 is 1.15 bits per heavy atom. The van der Waals surface area contributed by atoms with Gasteiger partial charge in [-0.2, -0.15) is 0 Å². The van der Waals surface area contributed by atoms with Crippen molar-refractivity contribution in [3.8, 4) is 0 Å². The third kappa shape index (κ3) is 4.44. The number of aromatic nitrogens is 4. The van der Waals surface area contributed by atoms with Crippen LogP contribution in [-0.4, -0.2) is 68.3 Å². The van der Waals surface area contributed by atoms with Gasteiger partial charge in [0.25, 0.3) is 0 Å². The second-order valence-electron chi connectivity index (χ2n) is 9.19. The highest BCUT2D eigenvalue weighted by Crippen LogP contribution is 2.32. The minimum absolute atomic E-state index is 0.259. The van der Waals surface area contributed by atoms with Crippen LogP contribution in [0.2, 0.25) is 0 Å². The maximum absolute atomic E-state index is 12.2. The van der Waals surface area contributed by atoms with Crippen molar-refractivity contribution in [2.45, 2.75) is 51.6 Å². The molecule has 33 heavy (non-hydrogen) atoms. The molecule has 0 unspecified atom stereocenters. The molecule has 1 saturated heterocycles. The van der Waals surface area contributed by atoms with Crippen LogP contribution >= 0.6 is 0 Å². The predicted molar refractivity (Wildman–Crippen MR) is 128 cm³/mol. The minimum Gasteiger partial charge on any atom is -0.339 e. The summed E-state index contributed by atoms with van der Waals surface area (Å²) in [6.07, 6.45) is 10.8. The topological polar surface area (TPSA) is 69.9 Å². The van der Waals surface area contributed by atoms with Gasteiger partial charge in [0.15, 0.2) is 0 Å². The molecular formula is C25H33N7O. The zero-order valence-electron chi connectivity index (χ0n) is 19.7. The first-order chi connectivity index (χ1) is 16.1. The van der Waals surface area contributed by atoms with Crippen LogP contribution in [-0.2, 0) is 17.8 Å². The number of rotatable bonds is 6. The zero-order valence-corrected chi connectivity index (χ0v) is 19.7. The monoisotopic (exact) mass is 447 g/mol. The van der Waals surface area contributed by atoms with Gasteiger partial charge in [0.2, 0.25) is 11.9 Å². The molecule has 5 rings (SSSR count). The number of carbonyl (C=O) groups is 1. The Morgan fingerprint density at radius 2 is 2.00 bits per heavy atom. The fourth-order valence-electron chi connectivity index (χ4n) is 5.17. The van der Waals surface area contributed by atoms with Gasteiger partial charge in [-0.3, -0.25) is 19.1 Å². The highest BCUT2D eigenvalue weighted by atomic mass is 16.2. The summed E-state index contributed by atoms with van der Waals surface area (Å²) in [4.78, 5) is 33.1. The number of piperazine rings is 1. The second-order valence-corrected chi connectivity index (χ2v) is 9.19. The summed E-state index contributed by atoms with van der Waals surface area (Å²) < 4.78 is 2.10. The van der Waals surface area contributed by atoms with Gasteiger partial charge in [-0.15, -0.1) is 0 Å². The van der Waals surface area contributed by atoms with E-state index in [0.29, 0.717) is 12.5 Å². The van der Waals surface area contributed by atoms with Gasteiger partial charge in [0.05, 0.1) is 17.4 Å².